The molecule has 0 saturated carbocycles. The third kappa shape index (κ3) is 7.60. The van der Waals surface area contributed by atoms with Gasteiger partial charge in [-0.05, 0) is 63.4 Å². The van der Waals surface area contributed by atoms with Crippen LogP contribution in [0.25, 0.3) is 11.4 Å². The number of aromatic nitrogens is 3. The van der Waals surface area contributed by atoms with Crippen molar-refractivity contribution in [2.24, 2.45) is 5.92 Å². The van der Waals surface area contributed by atoms with Gasteiger partial charge in [0.2, 0.25) is 5.91 Å². The highest BCUT2D eigenvalue weighted by Crippen LogP contribution is 2.35. The van der Waals surface area contributed by atoms with Crippen LogP contribution < -0.4 is 10.1 Å². The minimum atomic E-state index is -0.610. The molecule has 0 unspecified atom stereocenters. The van der Waals surface area contributed by atoms with E-state index in [1.165, 1.54) is 11.8 Å². The first kappa shape index (κ1) is 30.2. The summed E-state index contributed by atoms with van der Waals surface area (Å²) in [6, 6.07) is 7.68. The summed E-state index contributed by atoms with van der Waals surface area (Å²) < 4.78 is 17.9. The average molecular weight is 575 g/mol. The van der Waals surface area contributed by atoms with Crippen molar-refractivity contribution in [3.8, 4) is 17.1 Å². The molecule has 12 heteroatoms. The zero-order valence-corrected chi connectivity index (χ0v) is 24.7. The molecule has 3 aromatic rings. The Morgan fingerprint density at radius 2 is 1.69 bits per heavy atom. The lowest BCUT2D eigenvalue weighted by molar-refractivity contribution is -0.113. The Hall–Kier alpha value is -3.38. The highest BCUT2D eigenvalue weighted by Gasteiger charge is 2.27. The van der Waals surface area contributed by atoms with Crippen LogP contribution in [0.1, 0.15) is 60.2 Å². The van der Waals surface area contributed by atoms with Crippen molar-refractivity contribution < 1.29 is 28.6 Å². The second-order valence-corrected chi connectivity index (χ2v) is 10.8. The van der Waals surface area contributed by atoms with Gasteiger partial charge in [0.05, 0.1) is 31.1 Å². The van der Waals surface area contributed by atoms with Crippen molar-refractivity contribution in [3.63, 3.8) is 0 Å². The number of carbonyl (C=O) groups is 3. The number of nitrogens with zero attached hydrogens (tertiary/aromatic N) is 3. The molecule has 39 heavy (non-hydrogen) atoms. The molecule has 1 aromatic carbocycles. The number of thioether (sulfide) groups is 1. The SMILES string of the molecule is CCOC(=O)c1sc(NC(=O)CSc2nnc(-c3ccc(OCC(C)C)cc3)n2CC)c(C(=O)OCC)c1C. The van der Waals surface area contributed by atoms with Crippen LogP contribution in [0.15, 0.2) is 29.4 Å². The van der Waals surface area contributed by atoms with Gasteiger partial charge in [0, 0.05) is 12.1 Å². The van der Waals surface area contributed by atoms with Crippen LogP contribution in [0.5, 0.6) is 5.75 Å². The molecule has 0 aliphatic rings. The minimum absolute atomic E-state index is 0.0219. The van der Waals surface area contributed by atoms with Crippen molar-refractivity contribution in [2.45, 2.75) is 53.2 Å². The lowest BCUT2D eigenvalue weighted by Crippen LogP contribution is -2.17. The second kappa shape index (κ2) is 14.1. The summed E-state index contributed by atoms with van der Waals surface area (Å²) in [5.41, 5.74) is 1.45. The van der Waals surface area contributed by atoms with Crippen molar-refractivity contribution in [1.82, 2.24) is 14.8 Å². The molecule has 0 radical (unpaired) electrons. The van der Waals surface area contributed by atoms with Crippen LogP contribution in [0.3, 0.4) is 0 Å². The molecule has 0 saturated heterocycles. The standard InChI is InChI=1S/C27H34N4O6S2/c1-7-31-23(18-10-12-19(13-11-18)37-14-16(4)5)29-30-27(31)38-15-20(32)28-24-21(25(33)35-8-2)17(6)22(39-24)26(34)36-9-3/h10-13,16H,7-9,14-15H2,1-6H3,(H,28,32). The fourth-order valence-corrected chi connectivity index (χ4v) is 5.50. The molecule has 1 amide bonds. The van der Waals surface area contributed by atoms with Gasteiger partial charge in [0.1, 0.15) is 15.6 Å². The maximum Gasteiger partial charge on any atom is 0.348 e. The largest absolute Gasteiger partial charge is 0.493 e. The van der Waals surface area contributed by atoms with Gasteiger partial charge in [-0.15, -0.1) is 21.5 Å². The number of anilines is 1. The number of thiophene rings is 1. The van der Waals surface area contributed by atoms with Gasteiger partial charge in [-0.25, -0.2) is 9.59 Å². The topological polar surface area (TPSA) is 122 Å². The number of nitrogens with one attached hydrogen (secondary N) is 1. The van der Waals surface area contributed by atoms with Gasteiger partial charge in [0.15, 0.2) is 11.0 Å². The zero-order valence-electron chi connectivity index (χ0n) is 23.0. The number of ether oxygens (including phenoxy) is 3. The molecule has 3 rings (SSSR count). The van der Waals surface area contributed by atoms with E-state index in [1.807, 2.05) is 35.8 Å². The highest BCUT2D eigenvalue weighted by molar-refractivity contribution is 7.99. The number of hydrogen-bond donors (Lipinski definition) is 1. The third-order valence-corrected chi connectivity index (χ3v) is 7.56. The van der Waals surface area contributed by atoms with Crippen LogP contribution >= 0.6 is 23.1 Å². The molecule has 0 bridgehead atoms. The van der Waals surface area contributed by atoms with E-state index in [4.69, 9.17) is 14.2 Å². The van der Waals surface area contributed by atoms with E-state index in [1.54, 1.807) is 20.8 Å². The van der Waals surface area contributed by atoms with Gasteiger partial charge < -0.3 is 24.1 Å². The number of carbonyl (C=O) groups excluding carboxylic acids is 3. The van der Waals surface area contributed by atoms with Crippen molar-refractivity contribution in [1.29, 1.82) is 0 Å². The Morgan fingerprint density at radius 1 is 1.03 bits per heavy atom. The normalized spacial score (nSPS) is 10.9. The van der Waals surface area contributed by atoms with E-state index < -0.39 is 11.9 Å². The number of esters is 2. The van der Waals surface area contributed by atoms with E-state index in [-0.39, 0.29) is 40.3 Å². The molecule has 10 nitrogen and oxygen atoms in total. The number of benzene rings is 1. The third-order valence-electron chi connectivity index (χ3n) is 5.40. The molecule has 0 atom stereocenters. The lowest BCUT2D eigenvalue weighted by atomic mass is 10.1. The number of amides is 1. The molecule has 0 spiro atoms. The molecule has 2 heterocycles. The van der Waals surface area contributed by atoms with E-state index in [2.05, 4.69) is 29.4 Å². The van der Waals surface area contributed by atoms with E-state index in [9.17, 15) is 14.4 Å². The van der Waals surface area contributed by atoms with Gasteiger partial charge in [0.25, 0.3) is 0 Å². The molecule has 210 valence electrons. The molecular formula is C27H34N4O6S2. The number of rotatable bonds is 13. The molecule has 0 aliphatic carbocycles. The van der Waals surface area contributed by atoms with Crippen LogP contribution in [0, 0.1) is 12.8 Å². The quantitative estimate of drug-likeness (QED) is 0.210. The van der Waals surface area contributed by atoms with Crippen molar-refractivity contribution in [3.05, 3.63) is 40.3 Å². The summed E-state index contributed by atoms with van der Waals surface area (Å²) in [7, 11) is 0. The predicted molar refractivity (Wildman–Crippen MR) is 152 cm³/mol. The van der Waals surface area contributed by atoms with Crippen LogP contribution in [-0.2, 0) is 20.8 Å². The molecule has 1 N–H and O–H groups in total. The van der Waals surface area contributed by atoms with Crippen LogP contribution in [-0.4, -0.2) is 58.2 Å². The second-order valence-electron chi connectivity index (χ2n) is 8.82. The fraction of sp³-hybridized carbons (Fsp3) is 0.444. The lowest BCUT2D eigenvalue weighted by Gasteiger charge is -2.10. The fourth-order valence-electron chi connectivity index (χ4n) is 3.59. The minimum Gasteiger partial charge on any atom is -0.493 e. The van der Waals surface area contributed by atoms with Gasteiger partial charge in [-0.3, -0.25) is 4.79 Å². The van der Waals surface area contributed by atoms with Gasteiger partial charge in [-0.2, -0.15) is 0 Å². The van der Waals surface area contributed by atoms with E-state index in [0.717, 1.165) is 22.6 Å². The summed E-state index contributed by atoms with van der Waals surface area (Å²) in [6.45, 7) is 12.8. The number of hydrogen-bond acceptors (Lipinski definition) is 10. The average Bonchev–Trinajstić information content (AvgIpc) is 3.47. The monoisotopic (exact) mass is 574 g/mol. The summed E-state index contributed by atoms with van der Waals surface area (Å²) >= 11 is 2.22. The van der Waals surface area contributed by atoms with E-state index in [0.29, 0.717) is 35.6 Å². The first-order valence-corrected chi connectivity index (χ1v) is 14.6. The maximum absolute atomic E-state index is 12.9. The Kier molecular flexibility index (Phi) is 10.9. The zero-order chi connectivity index (χ0) is 28.5. The Morgan fingerprint density at radius 3 is 2.31 bits per heavy atom. The van der Waals surface area contributed by atoms with Crippen molar-refractivity contribution in [2.75, 3.05) is 30.9 Å². The summed E-state index contributed by atoms with van der Waals surface area (Å²) in [4.78, 5) is 38.1. The molecule has 0 fully saturated rings. The predicted octanol–water partition coefficient (Wildman–Crippen LogP) is 5.45. The Labute approximate surface area is 236 Å². The summed E-state index contributed by atoms with van der Waals surface area (Å²) in [5, 5.41) is 12.2. The van der Waals surface area contributed by atoms with Crippen molar-refractivity contribution >= 4 is 45.9 Å². The summed E-state index contributed by atoms with van der Waals surface area (Å²) in [6.07, 6.45) is 0. The van der Waals surface area contributed by atoms with E-state index >= 15 is 0 Å². The summed E-state index contributed by atoms with van der Waals surface area (Å²) in [5.74, 6) is 0.413. The smallest absolute Gasteiger partial charge is 0.348 e. The van der Waals surface area contributed by atoms with Gasteiger partial charge >= 0.3 is 11.9 Å². The first-order valence-electron chi connectivity index (χ1n) is 12.8. The Balaban J connectivity index is 1.73. The van der Waals surface area contributed by atoms with Crippen LogP contribution in [0.4, 0.5) is 5.00 Å². The maximum atomic E-state index is 12.9. The highest BCUT2D eigenvalue weighted by atomic mass is 32.2. The Bertz CT molecular complexity index is 1300. The molecule has 2 aromatic heterocycles. The molecule has 0 aliphatic heterocycles. The first-order chi connectivity index (χ1) is 18.7. The van der Waals surface area contributed by atoms with Crippen LogP contribution in [0.2, 0.25) is 0 Å². The molecular weight excluding hydrogens is 540 g/mol. The van der Waals surface area contributed by atoms with Gasteiger partial charge in [-0.1, -0.05) is 25.6 Å².